The standard InChI is InChI=1S/C23H29Cl2N3O5S/c1-6-26-23(30)16(3)27(13-17-8-9-18(24)19(25)12-17)22(29)14-28(34(5,31)32)20-11-15(2)7-10-21(20)33-4/h7-12,16H,6,13-14H2,1-5H3,(H,26,30)/t16-/m1/s1. The first kappa shape index (κ1) is 27.8. The van der Waals surface area contributed by atoms with Gasteiger partial charge in [-0.25, -0.2) is 8.42 Å². The topological polar surface area (TPSA) is 96.0 Å². The van der Waals surface area contributed by atoms with Gasteiger partial charge in [0.2, 0.25) is 21.8 Å². The number of amides is 2. The molecule has 0 bridgehead atoms. The lowest BCUT2D eigenvalue weighted by Gasteiger charge is -2.32. The van der Waals surface area contributed by atoms with Crippen LogP contribution in [0.5, 0.6) is 5.75 Å². The summed E-state index contributed by atoms with van der Waals surface area (Å²) >= 11 is 12.1. The van der Waals surface area contributed by atoms with E-state index in [0.29, 0.717) is 27.9 Å². The minimum Gasteiger partial charge on any atom is -0.495 e. The number of halogens is 2. The molecule has 0 saturated heterocycles. The van der Waals surface area contributed by atoms with Crippen LogP contribution in [-0.2, 0) is 26.2 Å². The number of carbonyl (C=O) groups is 2. The Kier molecular flexibility index (Phi) is 9.61. The minimum absolute atomic E-state index is 0.0244. The minimum atomic E-state index is -3.87. The Morgan fingerprint density at radius 1 is 1.12 bits per heavy atom. The van der Waals surface area contributed by atoms with Crippen LogP contribution in [0.25, 0.3) is 0 Å². The van der Waals surface area contributed by atoms with Gasteiger partial charge < -0.3 is 15.0 Å². The molecule has 8 nitrogen and oxygen atoms in total. The molecular weight excluding hydrogens is 501 g/mol. The molecule has 0 saturated carbocycles. The maximum atomic E-state index is 13.5. The first-order valence-corrected chi connectivity index (χ1v) is 13.1. The summed E-state index contributed by atoms with van der Waals surface area (Å²) in [6.45, 7) is 5.04. The molecule has 0 radical (unpaired) electrons. The number of anilines is 1. The fourth-order valence-corrected chi connectivity index (χ4v) is 4.49. The molecule has 0 unspecified atom stereocenters. The molecule has 2 aromatic carbocycles. The highest BCUT2D eigenvalue weighted by Crippen LogP contribution is 2.31. The number of carbonyl (C=O) groups excluding carboxylic acids is 2. The van der Waals surface area contributed by atoms with E-state index in [4.69, 9.17) is 27.9 Å². The second-order valence-corrected chi connectivity index (χ2v) is 10.5. The lowest BCUT2D eigenvalue weighted by atomic mass is 10.1. The van der Waals surface area contributed by atoms with Gasteiger partial charge in [0, 0.05) is 13.1 Å². The molecule has 0 aliphatic rings. The summed E-state index contributed by atoms with van der Waals surface area (Å²) in [5.41, 5.74) is 1.66. The average molecular weight is 530 g/mol. The van der Waals surface area contributed by atoms with Crippen molar-refractivity contribution in [3.05, 3.63) is 57.6 Å². The highest BCUT2D eigenvalue weighted by Gasteiger charge is 2.31. The van der Waals surface area contributed by atoms with Gasteiger partial charge in [-0.15, -0.1) is 0 Å². The van der Waals surface area contributed by atoms with Crippen LogP contribution >= 0.6 is 23.2 Å². The molecule has 2 aromatic rings. The third-order valence-electron chi connectivity index (χ3n) is 5.14. The number of sulfonamides is 1. The van der Waals surface area contributed by atoms with Crippen LogP contribution in [-0.4, -0.2) is 57.6 Å². The van der Waals surface area contributed by atoms with Crippen LogP contribution in [0.2, 0.25) is 10.0 Å². The Morgan fingerprint density at radius 2 is 1.79 bits per heavy atom. The van der Waals surface area contributed by atoms with E-state index in [1.807, 2.05) is 0 Å². The van der Waals surface area contributed by atoms with E-state index in [-0.39, 0.29) is 18.1 Å². The van der Waals surface area contributed by atoms with E-state index >= 15 is 0 Å². The fourth-order valence-electron chi connectivity index (χ4n) is 3.33. The zero-order chi connectivity index (χ0) is 25.6. The van der Waals surface area contributed by atoms with Gasteiger partial charge in [0.05, 0.1) is 29.1 Å². The summed E-state index contributed by atoms with van der Waals surface area (Å²) in [5.74, 6) is -0.634. The molecular formula is C23H29Cl2N3O5S. The maximum absolute atomic E-state index is 13.5. The molecule has 0 fully saturated rings. The Balaban J connectivity index is 2.47. The van der Waals surface area contributed by atoms with Gasteiger partial charge in [-0.05, 0) is 56.2 Å². The normalized spacial score (nSPS) is 12.1. The average Bonchev–Trinajstić information content (AvgIpc) is 2.76. The third-order valence-corrected chi connectivity index (χ3v) is 7.00. The van der Waals surface area contributed by atoms with Crippen LogP contribution in [0.15, 0.2) is 36.4 Å². The highest BCUT2D eigenvalue weighted by molar-refractivity contribution is 7.92. The van der Waals surface area contributed by atoms with Crippen LogP contribution in [0.3, 0.4) is 0 Å². The van der Waals surface area contributed by atoms with Crippen LogP contribution in [0.1, 0.15) is 25.0 Å². The number of rotatable bonds is 10. The Bertz CT molecular complexity index is 1160. The Morgan fingerprint density at radius 3 is 2.35 bits per heavy atom. The molecule has 34 heavy (non-hydrogen) atoms. The number of nitrogens with one attached hydrogen (secondary N) is 1. The van der Waals surface area contributed by atoms with Crippen molar-refractivity contribution in [1.29, 1.82) is 0 Å². The van der Waals surface area contributed by atoms with Gasteiger partial charge in [-0.2, -0.15) is 0 Å². The zero-order valence-electron chi connectivity index (χ0n) is 19.8. The van der Waals surface area contributed by atoms with Gasteiger partial charge in [0.1, 0.15) is 18.3 Å². The molecule has 0 heterocycles. The molecule has 1 N–H and O–H groups in total. The number of methoxy groups -OCH3 is 1. The van der Waals surface area contributed by atoms with Gasteiger partial charge in [0.25, 0.3) is 0 Å². The lowest BCUT2D eigenvalue weighted by Crippen LogP contribution is -2.51. The number of likely N-dealkylation sites (N-methyl/N-ethyl adjacent to an activating group) is 1. The van der Waals surface area contributed by atoms with Crippen molar-refractivity contribution in [1.82, 2.24) is 10.2 Å². The molecule has 1 atom stereocenters. The monoisotopic (exact) mass is 529 g/mol. The van der Waals surface area contributed by atoms with Crippen molar-refractivity contribution in [3.63, 3.8) is 0 Å². The van der Waals surface area contributed by atoms with Crippen molar-refractivity contribution in [3.8, 4) is 5.75 Å². The SMILES string of the molecule is CCNC(=O)[C@@H](C)N(Cc1ccc(Cl)c(Cl)c1)C(=O)CN(c1cc(C)ccc1OC)S(C)(=O)=O. The summed E-state index contributed by atoms with van der Waals surface area (Å²) in [7, 11) is -2.45. The Labute approximate surface area is 210 Å². The number of benzene rings is 2. The molecule has 0 spiro atoms. The van der Waals surface area contributed by atoms with Crippen molar-refractivity contribution < 1.29 is 22.7 Å². The Hall–Kier alpha value is -2.49. The van der Waals surface area contributed by atoms with Gasteiger partial charge in [0.15, 0.2) is 0 Å². The molecule has 186 valence electrons. The second-order valence-electron chi connectivity index (χ2n) is 7.79. The van der Waals surface area contributed by atoms with E-state index in [9.17, 15) is 18.0 Å². The summed E-state index contributed by atoms with van der Waals surface area (Å²) < 4.78 is 31.7. The van der Waals surface area contributed by atoms with Crippen molar-refractivity contribution in [2.24, 2.45) is 0 Å². The summed E-state index contributed by atoms with van der Waals surface area (Å²) in [4.78, 5) is 27.4. The van der Waals surface area contributed by atoms with Crippen molar-refractivity contribution in [2.75, 3.05) is 30.8 Å². The first-order chi connectivity index (χ1) is 15.9. The number of nitrogens with zero attached hydrogens (tertiary/aromatic N) is 2. The van der Waals surface area contributed by atoms with E-state index < -0.39 is 28.5 Å². The van der Waals surface area contributed by atoms with Gasteiger partial charge >= 0.3 is 0 Å². The fraction of sp³-hybridized carbons (Fsp3) is 0.391. The molecule has 0 aliphatic carbocycles. The highest BCUT2D eigenvalue weighted by atomic mass is 35.5. The predicted molar refractivity (Wildman–Crippen MR) is 135 cm³/mol. The van der Waals surface area contributed by atoms with Gasteiger partial charge in [-0.1, -0.05) is 35.3 Å². The quantitative estimate of drug-likeness (QED) is 0.506. The lowest BCUT2D eigenvalue weighted by molar-refractivity contribution is -0.139. The van der Waals surface area contributed by atoms with Gasteiger partial charge in [-0.3, -0.25) is 13.9 Å². The molecule has 2 rings (SSSR count). The first-order valence-electron chi connectivity index (χ1n) is 10.5. The number of ether oxygens (including phenoxy) is 1. The largest absolute Gasteiger partial charge is 0.495 e. The van der Waals surface area contributed by atoms with Crippen molar-refractivity contribution >= 4 is 50.7 Å². The van der Waals surface area contributed by atoms with Crippen LogP contribution in [0.4, 0.5) is 5.69 Å². The van der Waals surface area contributed by atoms with Crippen LogP contribution < -0.4 is 14.4 Å². The second kappa shape index (κ2) is 11.8. The third kappa shape index (κ3) is 7.01. The number of aryl methyl sites for hydroxylation is 1. The molecule has 0 aromatic heterocycles. The van der Waals surface area contributed by atoms with E-state index in [1.165, 1.54) is 12.0 Å². The van der Waals surface area contributed by atoms with Crippen LogP contribution in [0, 0.1) is 6.92 Å². The van der Waals surface area contributed by atoms with Crippen molar-refractivity contribution in [2.45, 2.75) is 33.4 Å². The summed E-state index contributed by atoms with van der Waals surface area (Å²) in [5, 5.41) is 3.36. The van der Waals surface area contributed by atoms with E-state index in [0.717, 1.165) is 16.1 Å². The van der Waals surface area contributed by atoms with E-state index in [1.54, 1.807) is 57.2 Å². The van der Waals surface area contributed by atoms with E-state index in [2.05, 4.69) is 5.32 Å². The molecule has 11 heteroatoms. The smallest absolute Gasteiger partial charge is 0.244 e. The number of hydrogen-bond donors (Lipinski definition) is 1. The number of hydrogen-bond acceptors (Lipinski definition) is 5. The summed E-state index contributed by atoms with van der Waals surface area (Å²) in [6.07, 6.45) is 1.01. The molecule has 2 amide bonds. The summed E-state index contributed by atoms with van der Waals surface area (Å²) in [6, 6.07) is 9.06. The predicted octanol–water partition coefficient (Wildman–Crippen LogP) is 3.63. The molecule has 0 aliphatic heterocycles. The zero-order valence-corrected chi connectivity index (χ0v) is 22.1. The maximum Gasteiger partial charge on any atom is 0.244 e.